The van der Waals surface area contributed by atoms with Crippen LogP contribution in [0.2, 0.25) is 0 Å². The van der Waals surface area contributed by atoms with Crippen molar-refractivity contribution in [2.45, 2.75) is 6.92 Å². The second kappa shape index (κ2) is 6.23. The number of rotatable bonds is 6. The van der Waals surface area contributed by atoms with E-state index in [0.29, 0.717) is 18.9 Å². The molecule has 0 aliphatic rings. The van der Waals surface area contributed by atoms with Crippen molar-refractivity contribution < 1.29 is 9.47 Å². The Kier molecular flexibility index (Phi) is 4.92. The third kappa shape index (κ3) is 4.40. The van der Waals surface area contributed by atoms with Crippen LogP contribution in [-0.2, 0) is 0 Å². The number of anilines is 1. The minimum absolute atomic E-state index is 0.626. The molecule has 0 radical (unpaired) electrons. The monoisotopic (exact) mass is 224 g/mol. The first kappa shape index (κ1) is 12.6. The van der Waals surface area contributed by atoms with Crippen LogP contribution < -0.4 is 15.2 Å². The van der Waals surface area contributed by atoms with Crippen molar-refractivity contribution in [2.24, 2.45) is 0 Å². The minimum Gasteiger partial charge on any atom is -0.494 e. The highest BCUT2D eigenvalue weighted by atomic mass is 16.5. The Hall–Kier alpha value is -1.42. The maximum absolute atomic E-state index is 5.75. The second-order valence-electron chi connectivity index (χ2n) is 3.82. The molecule has 4 heteroatoms. The molecule has 1 aromatic rings. The zero-order valence-electron chi connectivity index (χ0n) is 10.2. The molecular weight excluding hydrogens is 204 g/mol. The number of likely N-dealkylation sites (N-methyl/N-ethyl adjacent to an activating group) is 1. The molecule has 0 aliphatic carbocycles. The summed E-state index contributed by atoms with van der Waals surface area (Å²) in [6.45, 7) is 4.08. The van der Waals surface area contributed by atoms with Gasteiger partial charge in [-0.1, -0.05) is 0 Å². The Bertz CT molecular complexity index is 327. The van der Waals surface area contributed by atoms with Gasteiger partial charge in [0.05, 0.1) is 6.61 Å². The first-order chi connectivity index (χ1) is 7.61. The lowest BCUT2D eigenvalue weighted by Gasteiger charge is -2.12. The van der Waals surface area contributed by atoms with Crippen LogP contribution in [0.5, 0.6) is 11.5 Å². The van der Waals surface area contributed by atoms with E-state index in [9.17, 15) is 0 Å². The molecule has 1 aromatic carbocycles. The Morgan fingerprint density at radius 2 is 1.75 bits per heavy atom. The zero-order valence-corrected chi connectivity index (χ0v) is 10.2. The average Bonchev–Trinajstić information content (AvgIpc) is 2.16. The maximum Gasteiger partial charge on any atom is 0.125 e. The van der Waals surface area contributed by atoms with Crippen molar-refractivity contribution in [3.05, 3.63) is 18.2 Å². The van der Waals surface area contributed by atoms with Gasteiger partial charge in [0.15, 0.2) is 0 Å². The van der Waals surface area contributed by atoms with E-state index in [1.807, 2.05) is 27.1 Å². The molecule has 0 atom stereocenters. The fraction of sp³-hybridized carbons (Fsp3) is 0.500. The summed E-state index contributed by atoms with van der Waals surface area (Å²) in [7, 11) is 4.02. The SMILES string of the molecule is CCOc1cc(N)cc(OCCN(C)C)c1. The molecule has 0 unspecified atom stereocenters. The van der Waals surface area contributed by atoms with Crippen molar-refractivity contribution in [1.29, 1.82) is 0 Å². The number of hydrogen-bond donors (Lipinski definition) is 1. The van der Waals surface area contributed by atoms with Crippen LogP contribution in [0.3, 0.4) is 0 Å². The van der Waals surface area contributed by atoms with Crippen LogP contribution in [0.25, 0.3) is 0 Å². The number of hydrogen-bond acceptors (Lipinski definition) is 4. The molecular formula is C12H20N2O2. The van der Waals surface area contributed by atoms with Gasteiger partial charge >= 0.3 is 0 Å². The summed E-state index contributed by atoms with van der Waals surface area (Å²) in [4.78, 5) is 2.07. The molecule has 0 aliphatic heterocycles. The number of nitrogens with two attached hydrogens (primary N) is 1. The van der Waals surface area contributed by atoms with Gasteiger partial charge in [0.2, 0.25) is 0 Å². The summed E-state index contributed by atoms with van der Waals surface area (Å²) in [5, 5.41) is 0. The van der Waals surface area contributed by atoms with Crippen molar-refractivity contribution in [2.75, 3.05) is 39.6 Å². The largest absolute Gasteiger partial charge is 0.494 e. The molecule has 4 nitrogen and oxygen atoms in total. The molecule has 0 saturated carbocycles. The Morgan fingerprint density at radius 3 is 2.31 bits per heavy atom. The molecule has 0 amide bonds. The van der Waals surface area contributed by atoms with E-state index in [1.165, 1.54) is 0 Å². The fourth-order valence-corrected chi connectivity index (χ4v) is 1.27. The van der Waals surface area contributed by atoms with Crippen molar-refractivity contribution in [3.8, 4) is 11.5 Å². The molecule has 16 heavy (non-hydrogen) atoms. The van der Waals surface area contributed by atoms with Crippen LogP contribution in [0.1, 0.15) is 6.92 Å². The standard InChI is InChI=1S/C12H20N2O2/c1-4-15-11-7-10(13)8-12(9-11)16-6-5-14(2)3/h7-9H,4-6,13H2,1-3H3. The van der Waals surface area contributed by atoms with Crippen LogP contribution in [0.4, 0.5) is 5.69 Å². The quantitative estimate of drug-likeness (QED) is 0.746. The molecule has 0 heterocycles. The van der Waals surface area contributed by atoms with E-state index in [1.54, 1.807) is 12.1 Å². The number of nitrogen functional groups attached to an aromatic ring is 1. The van der Waals surface area contributed by atoms with E-state index in [-0.39, 0.29) is 0 Å². The van der Waals surface area contributed by atoms with Gasteiger partial charge in [-0.2, -0.15) is 0 Å². The molecule has 90 valence electrons. The number of ether oxygens (including phenoxy) is 2. The Morgan fingerprint density at radius 1 is 1.12 bits per heavy atom. The predicted molar refractivity (Wildman–Crippen MR) is 66.1 cm³/mol. The van der Waals surface area contributed by atoms with Crippen LogP contribution in [-0.4, -0.2) is 38.8 Å². The van der Waals surface area contributed by atoms with Gasteiger partial charge in [-0.05, 0) is 21.0 Å². The van der Waals surface area contributed by atoms with Crippen LogP contribution in [0.15, 0.2) is 18.2 Å². The topological polar surface area (TPSA) is 47.7 Å². The third-order valence-corrected chi connectivity index (χ3v) is 2.02. The highest BCUT2D eigenvalue weighted by Gasteiger charge is 2.01. The minimum atomic E-state index is 0.626. The van der Waals surface area contributed by atoms with Crippen molar-refractivity contribution in [3.63, 3.8) is 0 Å². The Balaban J connectivity index is 2.58. The van der Waals surface area contributed by atoms with Crippen LogP contribution >= 0.6 is 0 Å². The fourth-order valence-electron chi connectivity index (χ4n) is 1.27. The molecule has 0 aromatic heterocycles. The molecule has 1 rings (SSSR count). The van der Waals surface area contributed by atoms with Crippen molar-refractivity contribution >= 4 is 5.69 Å². The third-order valence-electron chi connectivity index (χ3n) is 2.02. The smallest absolute Gasteiger partial charge is 0.125 e. The van der Waals surface area contributed by atoms with E-state index in [2.05, 4.69) is 4.90 Å². The summed E-state index contributed by atoms with van der Waals surface area (Å²) in [6.07, 6.45) is 0. The van der Waals surface area contributed by atoms with Gasteiger partial charge in [0.25, 0.3) is 0 Å². The lowest BCUT2D eigenvalue weighted by atomic mass is 10.3. The molecule has 2 N–H and O–H groups in total. The molecule has 0 spiro atoms. The van der Waals surface area contributed by atoms with E-state index in [0.717, 1.165) is 18.0 Å². The molecule has 0 bridgehead atoms. The maximum atomic E-state index is 5.75. The number of benzene rings is 1. The summed E-state index contributed by atoms with van der Waals surface area (Å²) in [6, 6.07) is 5.45. The van der Waals surface area contributed by atoms with Gasteiger partial charge in [-0.25, -0.2) is 0 Å². The summed E-state index contributed by atoms with van der Waals surface area (Å²) >= 11 is 0. The summed E-state index contributed by atoms with van der Waals surface area (Å²) < 4.78 is 11.0. The predicted octanol–water partition coefficient (Wildman–Crippen LogP) is 1.61. The molecule has 0 fully saturated rings. The summed E-state index contributed by atoms with van der Waals surface area (Å²) in [5.41, 5.74) is 6.41. The average molecular weight is 224 g/mol. The second-order valence-corrected chi connectivity index (χ2v) is 3.82. The van der Waals surface area contributed by atoms with Gasteiger partial charge in [0, 0.05) is 30.4 Å². The van der Waals surface area contributed by atoms with Crippen molar-refractivity contribution in [1.82, 2.24) is 4.90 Å². The van der Waals surface area contributed by atoms with E-state index >= 15 is 0 Å². The van der Waals surface area contributed by atoms with Gasteiger partial charge in [0.1, 0.15) is 18.1 Å². The first-order valence-corrected chi connectivity index (χ1v) is 5.42. The van der Waals surface area contributed by atoms with E-state index < -0.39 is 0 Å². The van der Waals surface area contributed by atoms with Gasteiger partial charge in [-0.15, -0.1) is 0 Å². The van der Waals surface area contributed by atoms with E-state index in [4.69, 9.17) is 15.2 Å². The lowest BCUT2D eigenvalue weighted by molar-refractivity contribution is 0.259. The summed E-state index contributed by atoms with van der Waals surface area (Å²) in [5.74, 6) is 1.51. The van der Waals surface area contributed by atoms with Gasteiger partial charge < -0.3 is 20.1 Å². The zero-order chi connectivity index (χ0) is 12.0. The Labute approximate surface area is 96.9 Å². The number of nitrogens with zero attached hydrogens (tertiary/aromatic N) is 1. The first-order valence-electron chi connectivity index (χ1n) is 5.42. The van der Waals surface area contributed by atoms with Gasteiger partial charge in [-0.3, -0.25) is 0 Å². The highest BCUT2D eigenvalue weighted by Crippen LogP contribution is 2.24. The van der Waals surface area contributed by atoms with Crippen LogP contribution in [0, 0.1) is 0 Å². The molecule has 0 saturated heterocycles. The lowest BCUT2D eigenvalue weighted by Crippen LogP contribution is -2.19. The normalized spacial score (nSPS) is 10.5. The highest BCUT2D eigenvalue weighted by molar-refractivity contribution is 5.50.